The number of hydrogen-bond donors (Lipinski definition) is 2. The molecule has 0 aromatic heterocycles. The fourth-order valence-electron chi connectivity index (χ4n) is 3.89. The molecule has 2 N–H and O–H groups in total. The normalized spacial score (nSPS) is 27.8. The number of hydrogen-bond acceptors (Lipinski definition) is 3. The molecule has 21 heavy (non-hydrogen) atoms. The van der Waals surface area contributed by atoms with Crippen LogP contribution in [0.5, 0.6) is 0 Å². The van der Waals surface area contributed by atoms with Gasteiger partial charge in [-0.2, -0.15) is 0 Å². The Kier molecular flexibility index (Phi) is 4.94. The second-order valence-electron chi connectivity index (χ2n) is 6.60. The van der Waals surface area contributed by atoms with Gasteiger partial charge in [0, 0.05) is 26.2 Å². The Labute approximate surface area is 128 Å². The smallest absolute Gasteiger partial charge is 0.0587 e. The van der Waals surface area contributed by atoms with Crippen LogP contribution in [0.2, 0.25) is 0 Å². The van der Waals surface area contributed by atoms with Crippen LogP contribution in [0.1, 0.15) is 30.4 Å². The van der Waals surface area contributed by atoms with Crippen LogP contribution < -0.4 is 10.6 Å². The fraction of sp³-hybridized carbons (Fsp3) is 0.667. The van der Waals surface area contributed by atoms with Gasteiger partial charge in [-0.15, -0.1) is 0 Å². The molecule has 0 radical (unpaired) electrons. The maximum absolute atomic E-state index is 5.05. The number of fused-ring (bicyclic) bond motifs is 3. The van der Waals surface area contributed by atoms with Crippen molar-refractivity contribution in [1.82, 2.24) is 10.6 Å². The van der Waals surface area contributed by atoms with Gasteiger partial charge in [-0.1, -0.05) is 24.3 Å². The predicted molar refractivity (Wildman–Crippen MR) is 86.7 cm³/mol. The minimum absolute atomic E-state index is 0.528. The molecular weight excluding hydrogens is 260 g/mol. The molecule has 1 aromatic rings. The van der Waals surface area contributed by atoms with Gasteiger partial charge < -0.3 is 15.4 Å². The van der Waals surface area contributed by atoms with Gasteiger partial charge in [-0.25, -0.2) is 0 Å². The van der Waals surface area contributed by atoms with Gasteiger partial charge in [-0.05, 0) is 55.2 Å². The van der Waals surface area contributed by atoms with E-state index >= 15 is 0 Å². The molecule has 0 amide bonds. The van der Waals surface area contributed by atoms with Gasteiger partial charge in [-0.3, -0.25) is 0 Å². The van der Waals surface area contributed by atoms with Gasteiger partial charge in [0.05, 0.1) is 6.61 Å². The average Bonchev–Trinajstić information content (AvgIpc) is 3.23. The van der Waals surface area contributed by atoms with Crippen molar-refractivity contribution in [3.63, 3.8) is 0 Å². The van der Waals surface area contributed by atoms with Gasteiger partial charge in [0.2, 0.25) is 0 Å². The number of aryl methyl sites for hydroxylation is 1. The van der Waals surface area contributed by atoms with Gasteiger partial charge in [0.25, 0.3) is 0 Å². The van der Waals surface area contributed by atoms with Crippen LogP contribution in [-0.4, -0.2) is 39.4 Å². The summed E-state index contributed by atoms with van der Waals surface area (Å²) in [5.41, 5.74) is 3.22. The summed E-state index contributed by atoms with van der Waals surface area (Å²) in [6.45, 7) is 6.17. The first-order valence-corrected chi connectivity index (χ1v) is 8.32. The highest BCUT2D eigenvalue weighted by atomic mass is 16.5. The summed E-state index contributed by atoms with van der Waals surface area (Å²) in [5.74, 6) is 2.62. The lowest BCUT2D eigenvalue weighted by atomic mass is 9.92. The van der Waals surface area contributed by atoms with Crippen molar-refractivity contribution < 1.29 is 4.74 Å². The van der Waals surface area contributed by atoms with Crippen molar-refractivity contribution in [3.05, 3.63) is 35.4 Å². The molecule has 1 saturated carbocycles. The molecule has 3 rings (SSSR count). The van der Waals surface area contributed by atoms with Crippen LogP contribution in [0.4, 0.5) is 0 Å². The lowest BCUT2D eigenvalue weighted by molar-refractivity contribution is 0.198. The van der Waals surface area contributed by atoms with Crippen LogP contribution in [-0.2, 0) is 11.2 Å². The van der Waals surface area contributed by atoms with Crippen molar-refractivity contribution in [1.29, 1.82) is 0 Å². The molecular formula is C18H28N2O. The SMILES string of the molecule is COCCNCC(C)NCC1C2CCc3ccccc3C21. The van der Waals surface area contributed by atoms with E-state index in [4.69, 9.17) is 4.74 Å². The molecule has 0 bridgehead atoms. The van der Waals surface area contributed by atoms with Crippen molar-refractivity contribution in [2.24, 2.45) is 11.8 Å². The van der Waals surface area contributed by atoms with Crippen molar-refractivity contribution in [2.45, 2.75) is 31.7 Å². The third-order valence-corrected chi connectivity index (χ3v) is 5.13. The Hall–Kier alpha value is -0.900. The highest BCUT2D eigenvalue weighted by Gasteiger charge is 2.52. The minimum atomic E-state index is 0.528. The minimum Gasteiger partial charge on any atom is -0.383 e. The number of rotatable bonds is 8. The Bertz CT molecular complexity index is 462. The maximum Gasteiger partial charge on any atom is 0.0587 e. The third-order valence-electron chi connectivity index (χ3n) is 5.13. The van der Waals surface area contributed by atoms with E-state index in [0.717, 1.165) is 44.0 Å². The molecule has 4 atom stereocenters. The zero-order chi connectivity index (χ0) is 14.7. The molecule has 0 spiro atoms. The van der Waals surface area contributed by atoms with E-state index in [1.807, 2.05) is 0 Å². The fourth-order valence-corrected chi connectivity index (χ4v) is 3.89. The molecule has 3 heteroatoms. The second kappa shape index (κ2) is 6.91. The molecule has 0 heterocycles. The van der Waals surface area contributed by atoms with E-state index in [2.05, 4.69) is 41.8 Å². The van der Waals surface area contributed by atoms with Gasteiger partial charge in [0.1, 0.15) is 0 Å². The Morgan fingerprint density at radius 1 is 1.33 bits per heavy atom. The summed E-state index contributed by atoms with van der Waals surface area (Å²) in [6.07, 6.45) is 2.66. The lowest BCUT2D eigenvalue weighted by Crippen LogP contribution is -2.38. The average molecular weight is 288 g/mol. The van der Waals surface area contributed by atoms with Crippen molar-refractivity contribution >= 4 is 0 Å². The quantitative estimate of drug-likeness (QED) is 0.719. The molecule has 1 aromatic carbocycles. The lowest BCUT2D eigenvalue weighted by Gasteiger charge is -2.14. The number of ether oxygens (including phenoxy) is 1. The first-order valence-electron chi connectivity index (χ1n) is 8.32. The molecule has 1 fully saturated rings. The van der Waals surface area contributed by atoms with Crippen LogP contribution in [0, 0.1) is 11.8 Å². The van der Waals surface area contributed by atoms with E-state index in [1.54, 1.807) is 18.2 Å². The first kappa shape index (κ1) is 15.0. The van der Waals surface area contributed by atoms with Crippen molar-refractivity contribution in [2.75, 3.05) is 33.4 Å². The van der Waals surface area contributed by atoms with E-state index in [9.17, 15) is 0 Å². The number of nitrogens with one attached hydrogen (secondary N) is 2. The first-order chi connectivity index (χ1) is 10.3. The van der Waals surface area contributed by atoms with Gasteiger partial charge >= 0.3 is 0 Å². The summed E-state index contributed by atoms with van der Waals surface area (Å²) in [6, 6.07) is 9.58. The molecule has 0 aliphatic heterocycles. The van der Waals surface area contributed by atoms with E-state index in [1.165, 1.54) is 12.8 Å². The Balaban J connectivity index is 1.42. The second-order valence-corrected chi connectivity index (χ2v) is 6.60. The van der Waals surface area contributed by atoms with Crippen LogP contribution in [0.3, 0.4) is 0 Å². The molecule has 2 aliphatic rings. The largest absolute Gasteiger partial charge is 0.383 e. The zero-order valence-corrected chi connectivity index (χ0v) is 13.3. The highest BCUT2D eigenvalue weighted by Crippen LogP contribution is 2.59. The number of methoxy groups -OCH3 is 1. The highest BCUT2D eigenvalue weighted by molar-refractivity contribution is 5.39. The number of benzene rings is 1. The zero-order valence-electron chi connectivity index (χ0n) is 13.3. The predicted octanol–water partition coefficient (Wildman–Crippen LogP) is 2.18. The van der Waals surface area contributed by atoms with E-state index in [-0.39, 0.29) is 0 Å². The molecule has 4 unspecified atom stereocenters. The molecule has 0 saturated heterocycles. The third kappa shape index (κ3) is 3.47. The summed E-state index contributed by atoms with van der Waals surface area (Å²) >= 11 is 0. The molecule has 3 nitrogen and oxygen atoms in total. The Morgan fingerprint density at radius 3 is 3.05 bits per heavy atom. The Morgan fingerprint density at radius 2 is 2.19 bits per heavy atom. The maximum atomic E-state index is 5.05. The van der Waals surface area contributed by atoms with Crippen LogP contribution in [0.15, 0.2) is 24.3 Å². The standard InChI is InChI=1S/C18H28N2O/c1-13(11-19-9-10-21-2)20-12-17-16-8-7-14-5-3-4-6-15(14)18(16)17/h3-6,13,16-20H,7-12H2,1-2H3. The molecule has 2 aliphatic carbocycles. The van der Waals surface area contributed by atoms with E-state index < -0.39 is 0 Å². The molecule has 116 valence electrons. The monoisotopic (exact) mass is 288 g/mol. The van der Waals surface area contributed by atoms with Crippen molar-refractivity contribution in [3.8, 4) is 0 Å². The summed E-state index contributed by atoms with van der Waals surface area (Å²) in [4.78, 5) is 0. The van der Waals surface area contributed by atoms with E-state index in [0.29, 0.717) is 6.04 Å². The van der Waals surface area contributed by atoms with Crippen LogP contribution >= 0.6 is 0 Å². The summed E-state index contributed by atoms with van der Waals surface area (Å²) in [7, 11) is 1.75. The summed E-state index contributed by atoms with van der Waals surface area (Å²) in [5, 5.41) is 7.13. The van der Waals surface area contributed by atoms with Crippen LogP contribution in [0.25, 0.3) is 0 Å². The summed E-state index contributed by atoms with van der Waals surface area (Å²) < 4.78 is 5.05. The van der Waals surface area contributed by atoms with Gasteiger partial charge in [0.15, 0.2) is 0 Å². The topological polar surface area (TPSA) is 33.3 Å².